The predicted molar refractivity (Wildman–Crippen MR) is 165 cm³/mol. The van der Waals surface area contributed by atoms with Crippen molar-refractivity contribution < 1.29 is 36.3 Å². The molecule has 0 bridgehead atoms. The summed E-state index contributed by atoms with van der Waals surface area (Å²) in [4.78, 5) is 37.7. The zero-order chi connectivity index (χ0) is 32.5. The Balaban J connectivity index is 1.22. The van der Waals surface area contributed by atoms with Crippen LogP contribution in [0.3, 0.4) is 0 Å². The summed E-state index contributed by atoms with van der Waals surface area (Å²) in [6.07, 6.45) is -1.68. The third kappa shape index (κ3) is 5.76. The molecule has 2 aliphatic carbocycles. The molecule has 0 radical (unpaired) electrons. The summed E-state index contributed by atoms with van der Waals surface area (Å²) in [5.74, 6) is -0.634. The van der Waals surface area contributed by atoms with Gasteiger partial charge in [-0.05, 0) is 68.4 Å². The summed E-state index contributed by atoms with van der Waals surface area (Å²) in [6.45, 7) is 3.33. The van der Waals surface area contributed by atoms with Crippen LogP contribution in [0.2, 0.25) is 0 Å². The molecule has 46 heavy (non-hydrogen) atoms. The van der Waals surface area contributed by atoms with E-state index in [0.29, 0.717) is 42.9 Å². The van der Waals surface area contributed by atoms with E-state index < -0.39 is 39.3 Å². The van der Waals surface area contributed by atoms with Crippen LogP contribution in [-0.2, 0) is 16.0 Å². The highest BCUT2D eigenvalue weighted by atomic mass is 32.2. The number of benzene rings is 1. The number of nitrogens with zero attached hydrogens (tertiary/aromatic N) is 5. The molecule has 2 aromatic heterocycles. The van der Waals surface area contributed by atoms with E-state index in [1.54, 1.807) is 0 Å². The lowest BCUT2D eigenvalue weighted by molar-refractivity contribution is -0.137. The van der Waals surface area contributed by atoms with Gasteiger partial charge in [0.2, 0.25) is 5.95 Å². The summed E-state index contributed by atoms with van der Waals surface area (Å²) in [5.41, 5.74) is 0.874. The number of nitrogens with one attached hydrogen (secondary N) is 1. The van der Waals surface area contributed by atoms with Crippen LogP contribution in [0.5, 0.6) is 0 Å². The SMILES string of the molecule is C[C@@H]1CN(c2ccc(Nc3ncc(C(F)(F)F)c(-c4cc5c(s4)C(=O)N(C4CC4)CCS5(=O)=O)n3)c(C3CC3)c2)CCN1C(=O)O. The van der Waals surface area contributed by atoms with Gasteiger partial charge in [0.05, 0.1) is 21.2 Å². The minimum absolute atomic E-state index is 0.0513. The monoisotopic (exact) mass is 676 g/mol. The number of piperazine rings is 1. The average Bonchev–Trinajstić information content (AvgIpc) is 3.94. The van der Waals surface area contributed by atoms with Gasteiger partial charge in [0, 0.05) is 55.8 Å². The second-order valence-corrected chi connectivity index (χ2v) is 15.4. The van der Waals surface area contributed by atoms with Gasteiger partial charge >= 0.3 is 12.3 Å². The molecule has 4 heterocycles. The Kier molecular flexibility index (Phi) is 7.42. The molecule has 7 rings (SSSR count). The molecule has 0 spiro atoms. The highest BCUT2D eigenvalue weighted by molar-refractivity contribution is 7.91. The topological polar surface area (TPSA) is 136 Å². The molecule has 3 fully saturated rings. The zero-order valence-electron chi connectivity index (χ0n) is 24.7. The maximum Gasteiger partial charge on any atom is 0.420 e. The van der Waals surface area contributed by atoms with Crippen LogP contribution < -0.4 is 10.2 Å². The Hall–Kier alpha value is -3.92. The largest absolute Gasteiger partial charge is 0.465 e. The Morgan fingerprint density at radius 3 is 2.52 bits per heavy atom. The molecular formula is C30H31F3N6O5S2. The van der Waals surface area contributed by atoms with Crippen LogP contribution in [-0.4, -0.2) is 89.3 Å². The molecule has 0 unspecified atom stereocenters. The number of thiophene rings is 1. The lowest BCUT2D eigenvalue weighted by Crippen LogP contribution is -2.53. The number of fused-ring (bicyclic) bond motifs is 1. The molecule has 16 heteroatoms. The fourth-order valence-electron chi connectivity index (χ4n) is 6.19. The van der Waals surface area contributed by atoms with Gasteiger partial charge in [-0.3, -0.25) is 4.79 Å². The molecule has 1 atom stereocenters. The summed E-state index contributed by atoms with van der Waals surface area (Å²) in [7, 11) is -3.90. The van der Waals surface area contributed by atoms with Crippen molar-refractivity contribution in [3.63, 3.8) is 0 Å². The fraction of sp³-hybridized carbons (Fsp3) is 0.467. The predicted octanol–water partition coefficient (Wildman–Crippen LogP) is 5.43. The first kappa shape index (κ1) is 30.7. The van der Waals surface area contributed by atoms with Crippen molar-refractivity contribution in [2.45, 2.75) is 61.7 Å². The molecule has 244 valence electrons. The molecule has 2 N–H and O–H groups in total. The molecular weight excluding hydrogens is 645 g/mol. The van der Waals surface area contributed by atoms with E-state index in [2.05, 4.69) is 20.2 Å². The van der Waals surface area contributed by atoms with Crippen molar-refractivity contribution in [2.75, 3.05) is 42.1 Å². The Morgan fingerprint density at radius 1 is 1.11 bits per heavy atom. The number of aromatic nitrogens is 2. The van der Waals surface area contributed by atoms with E-state index in [1.807, 2.05) is 25.1 Å². The Labute approximate surface area is 267 Å². The highest BCUT2D eigenvalue weighted by Crippen LogP contribution is 2.46. The number of carbonyl (C=O) groups is 2. The molecule has 3 aromatic rings. The molecule has 2 aliphatic heterocycles. The number of hydrogen-bond donors (Lipinski definition) is 2. The van der Waals surface area contributed by atoms with Gasteiger partial charge in [-0.2, -0.15) is 13.2 Å². The third-order valence-electron chi connectivity index (χ3n) is 8.94. The van der Waals surface area contributed by atoms with Crippen molar-refractivity contribution in [3.05, 3.63) is 46.5 Å². The second-order valence-electron chi connectivity index (χ2n) is 12.2. The first-order chi connectivity index (χ1) is 21.8. The number of hydrogen-bond acceptors (Lipinski definition) is 9. The fourth-order valence-corrected chi connectivity index (χ4v) is 9.11. The smallest absolute Gasteiger partial charge is 0.420 e. The maximum atomic E-state index is 14.2. The lowest BCUT2D eigenvalue weighted by atomic mass is 10.1. The second kappa shape index (κ2) is 11.1. The van der Waals surface area contributed by atoms with Crippen LogP contribution >= 0.6 is 11.3 Å². The van der Waals surface area contributed by atoms with Crippen LogP contribution in [0.4, 0.5) is 35.3 Å². The number of amides is 2. The minimum Gasteiger partial charge on any atom is -0.465 e. The molecule has 2 amide bonds. The minimum atomic E-state index is -4.83. The summed E-state index contributed by atoms with van der Waals surface area (Å²) >= 11 is 0.710. The summed E-state index contributed by atoms with van der Waals surface area (Å²) in [6, 6.07) is 6.61. The molecule has 2 saturated carbocycles. The first-order valence-electron chi connectivity index (χ1n) is 15.1. The van der Waals surface area contributed by atoms with Gasteiger partial charge in [0.25, 0.3) is 5.91 Å². The van der Waals surface area contributed by atoms with E-state index in [0.717, 1.165) is 43.0 Å². The third-order valence-corrected chi connectivity index (χ3v) is 11.9. The number of rotatable bonds is 6. The Morgan fingerprint density at radius 2 is 1.87 bits per heavy atom. The van der Waals surface area contributed by atoms with E-state index in [4.69, 9.17) is 0 Å². The highest BCUT2D eigenvalue weighted by Gasteiger charge is 2.42. The van der Waals surface area contributed by atoms with Crippen LogP contribution in [0.25, 0.3) is 10.6 Å². The van der Waals surface area contributed by atoms with Crippen molar-refractivity contribution in [1.82, 2.24) is 19.8 Å². The van der Waals surface area contributed by atoms with Gasteiger partial charge in [-0.15, -0.1) is 11.3 Å². The number of alkyl halides is 3. The zero-order valence-corrected chi connectivity index (χ0v) is 26.4. The van der Waals surface area contributed by atoms with Crippen LogP contribution in [0.1, 0.15) is 59.3 Å². The summed E-state index contributed by atoms with van der Waals surface area (Å²) < 4.78 is 68.8. The first-order valence-corrected chi connectivity index (χ1v) is 17.5. The van der Waals surface area contributed by atoms with E-state index in [9.17, 15) is 36.3 Å². The molecule has 1 aromatic carbocycles. The van der Waals surface area contributed by atoms with E-state index >= 15 is 0 Å². The number of halogens is 3. The Bertz CT molecular complexity index is 1840. The van der Waals surface area contributed by atoms with Crippen LogP contribution in [0.15, 0.2) is 35.4 Å². The average molecular weight is 677 g/mol. The number of anilines is 3. The van der Waals surface area contributed by atoms with Gasteiger partial charge in [0.15, 0.2) is 9.84 Å². The van der Waals surface area contributed by atoms with E-state index in [1.165, 1.54) is 9.80 Å². The van der Waals surface area contributed by atoms with Gasteiger partial charge in [-0.1, -0.05) is 0 Å². The molecule has 11 nitrogen and oxygen atoms in total. The normalized spacial score (nSPS) is 21.6. The number of sulfone groups is 1. The lowest BCUT2D eigenvalue weighted by Gasteiger charge is -2.39. The molecule has 4 aliphatic rings. The number of carbonyl (C=O) groups excluding carboxylic acids is 1. The quantitative estimate of drug-likeness (QED) is 0.351. The van der Waals surface area contributed by atoms with Crippen molar-refractivity contribution in [1.29, 1.82) is 0 Å². The summed E-state index contributed by atoms with van der Waals surface area (Å²) in [5, 5.41) is 12.5. The maximum absolute atomic E-state index is 14.2. The van der Waals surface area contributed by atoms with Gasteiger partial charge in [0.1, 0.15) is 10.4 Å². The van der Waals surface area contributed by atoms with Gasteiger partial charge < -0.3 is 25.1 Å². The van der Waals surface area contributed by atoms with Crippen molar-refractivity contribution in [3.8, 4) is 10.6 Å². The van der Waals surface area contributed by atoms with Crippen molar-refractivity contribution >= 4 is 50.5 Å². The van der Waals surface area contributed by atoms with Crippen molar-refractivity contribution in [2.24, 2.45) is 0 Å². The van der Waals surface area contributed by atoms with E-state index in [-0.39, 0.29) is 50.9 Å². The number of carboxylic acid groups (broad SMARTS) is 1. The van der Waals surface area contributed by atoms with Gasteiger partial charge in [-0.25, -0.2) is 23.2 Å². The molecule has 1 saturated heterocycles. The standard InChI is InChI=1S/C30H31F3N6O5S2/c1-16-15-37(8-9-38(16)29(41)42)19-6-7-22(20(12-19)17-2-3-17)35-28-34-14-21(30(31,32)33)25(36-28)23-13-24-26(45-23)27(40)39(18-4-5-18)10-11-46(24,43)44/h6-7,12-14,16-18H,2-5,8-11,15H2,1H3,(H,41,42)(H,34,35,36)/t16-/m1/s1. The van der Waals surface area contributed by atoms with Crippen LogP contribution in [0, 0.1) is 0 Å².